The molecule has 2 aromatic carbocycles. The van der Waals surface area contributed by atoms with Crippen molar-refractivity contribution in [2.24, 2.45) is 0 Å². The van der Waals surface area contributed by atoms with Crippen LogP contribution in [0.4, 0.5) is 11.8 Å². The van der Waals surface area contributed by atoms with Crippen molar-refractivity contribution in [2.45, 2.75) is 13.0 Å². The van der Waals surface area contributed by atoms with E-state index in [0.29, 0.717) is 12.5 Å². The molecule has 2 aromatic heterocycles. The van der Waals surface area contributed by atoms with E-state index in [1.54, 1.807) is 6.20 Å². The third kappa shape index (κ3) is 4.20. The van der Waals surface area contributed by atoms with Crippen LogP contribution in [0, 0.1) is 0 Å². The third-order valence-corrected chi connectivity index (χ3v) is 4.79. The number of nitrogens with zero attached hydrogens (tertiary/aromatic N) is 2. The van der Waals surface area contributed by atoms with Gasteiger partial charge < -0.3 is 15.6 Å². The summed E-state index contributed by atoms with van der Waals surface area (Å²) >= 11 is 6.19. The Hall–Kier alpha value is -3.05. The Labute approximate surface area is 162 Å². The van der Waals surface area contributed by atoms with E-state index in [1.807, 2.05) is 36.4 Å². The van der Waals surface area contributed by atoms with Crippen LogP contribution in [-0.2, 0) is 13.0 Å². The van der Waals surface area contributed by atoms with Crippen molar-refractivity contribution in [3.05, 3.63) is 83.1 Å². The van der Waals surface area contributed by atoms with Crippen LogP contribution in [-0.4, -0.2) is 21.5 Å². The maximum Gasteiger partial charge on any atom is 0.224 e. The lowest BCUT2D eigenvalue weighted by Gasteiger charge is -2.09. The molecule has 0 amide bonds. The molecule has 0 aliphatic heterocycles. The largest absolute Gasteiger partial charge is 0.366 e. The number of halogens is 1. The molecule has 0 aliphatic carbocycles. The molecule has 0 spiro atoms. The molecule has 27 heavy (non-hydrogen) atoms. The lowest BCUT2D eigenvalue weighted by Crippen LogP contribution is -2.09. The Morgan fingerprint density at radius 1 is 0.926 bits per heavy atom. The highest BCUT2D eigenvalue weighted by Crippen LogP contribution is 2.19. The van der Waals surface area contributed by atoms with Gasteiger partial charge in [0.05, 0.1) is 0 Å². The fourth-order valence-electron chi connectivity index (χ4n) is 3.02. The summed E-state index contributed by atoms with van der Waals surface area (Å²) in [5.74, 6) is 1.37. The van der Waals surface area contributed by atoms with Gasteiger partial charge in [-0.25, -0.2) is 4.98 Å². The Morgan fingerprint density at radius 2 is 1.78 bits per heavy atom. The Balaban J connectivity index is 1.34. The van der Waals surface area contributed by atoms with Gasteiger partial charge in [0, 0.05) is 41.4 Å². The lowest BCUT2D eigenvalue weighted by molar-refractivity contribution is 0.985. The van der Waals surface area contributed by atoms with Gasteiger partial charge in [0.2, 0.25) is 5.95 Å². The summed E-state index contributed by atoms with van der Waals surface area (Å²) in [5.41, 5.74) is 3.48. The number of anilines is 2. The predicted octanol–water partition coefficient (Wildman–Crippen LogP) is 4.88. The van der Waals surface area contributed by atoms with Crippen molar-refractivity contribution in [1.82, 2.24) is 15.0 Å². The van der Waals surface area contributed by atoms with E-state index >= 15 is 0 Å². The molecule has 3 N–H and O–H groups in total. The number of fused-ring (bicyclic) bond motifs is 1. The smallest absolute Gasteiger partial charge is 0.224 e. The number of H-pyrrole nitrogens is 1. The zero-order valence-electron chi connectivity index (χ0n) is 14.7. The number of para-hydroxylation sites is 1. The van der Waals surface area contributed by atoms with Crippen molar-refractivity contribution < 1.29 is 0 Å². The first-order valence-electron chi connectivity index (χ1n) is 8.89. The van der Waals surface area contributed by atoms with Crippen molar-refractivity contribution in [3.63, 3.8) is 0 Å². The monoisotopic (exact) mass is 377 g/mol. The van der Waals surface area contributed by atoms with Gasteiger partial charge in [-0.2, -0.15) is 4.98 Å². The van der Waals surface area contributed by atoms with Crippen LogP contribution in [0.25, 0.3) is 10.9 Å². The normalized spacial score (nSPS) is 10.9. The van der Waals surface area contributed by atoms with E-state index in [0.717, 1.165) is 34.9 Å². The second-order valence-corrected chi connectivity index (χ2v) is 6.65. The van der Waals surface area contributed by atoms with Gasteiger partial charge in [-0.05, 0) is 35.7 Å². The first-order chi connectivity index (χ1) is 13.3. The van der Waals surface area contributed by atoms with E-state index in [1.165, 1.54) is 10.9 Å². The lowest BCUT2D eigenvalue weighted by atomic mass is 10.1. The number of aromatic amines is 1. The van der Waals surface area contributed by atoms with E-state index in [-0.39, 0.29) is 0 Å². The van der Waals surface area contributed by atoms with E-state index in [2.05, 4.69) is 50.0 Å². The minimum atomic E-state index is 0.610. The third-order valence-electron chi connectivity index (χ3n) is 4.43. The average Bonchev–Trinajstić information content (AvgIpc) is 3.11. The van der Waals surface area contributed by atoms with Gasteiger partial charge in [0.15, 0.2) is 0 Å². The molecule has 0 bridgehead atoms. The second kappa shape index (κ2) is 8.10. The zero-order chi connectivity index (χ0) is 18.5. The van der Waals surface area contributed by atoms with Crippen LogP contribution in [0.1, 0.15) is 11.1 Å². The Morgan fingerprint density at radius 3 is 2.70 bits per heavy atom. The number of nitrogens with one attached hydrogen (secondary N) is 3. The fraction of sp³-hybridized carbons (Fsp3) is 0.143. The summed E-state index contributed by atoms with van der Waals surface area (Å²) in [4.78, 5) is 12.1. The van der Waals surface area contributed by atoms with Crippen LogP contribution in [0.5, 0.6) is 0 Å². The first kappa shape index (κ1) is 17.4. The maximum atomic E-state index is 6.19. The SMILES string of the molecule is Clc1ccccc1CNc1ccnc(NCCc2c[nH]c3ccccc23)n1. The van der Waals surface area contributed by atoms with Gasteiger partial charge >= 0.3 is 0 Å². The minimum Gasteiger partial charge on any atom is -0.366 e. The van der Waals surface area contributed by atoms with Crippen molar-refractivity contribution >= 4 is 34.3 Å². The van der Waals surface area contributed by atoms with Crippen LogP contribution < -0.4 is 10.6 Å². The maximum absolute atomic E-state index is 6.19. The molecule has 0 radical (unpaired) electrons. The number of hydrogen-bond acceptors (Lipinski definition) is 4. The average molecular weight is 378 g/mol. The number of rotatable bonds is 7. The quantitative estimate of drug-likeness (QED) is 0.429. The summed E-state index contributed by atoms with van der Waals surface area (Å²) in [7, 11) is 0. The van der Waals surface area contributed by atoms with Gasteiger partial charge in [-0.15, -0.1) is 0 Å². The molecule has 0 unspecified atom stereocenters. The predicted molar refractivity (Wildman–Crippen MR) is 111 cm³/mol. The topological polar surface area (TPSA) is 65.6 Å². The van der Waals surface area contributed by atoms with E-state index in [4.69, 9.17) is 11.6 Å². The molecule has 4 rings (SSSR count). The van der Waals surface area contributed by atoms with Gasteiger partial charge in [-0.3, -0.25) is 0 Å². The highest BCUT2D eigenvalue weighted by Gasteiger charge is 2.04. The van der Waals surface area contributed by atoms with Crippen molar-refractivity contribution in [3.8, 4) is 0 Å². The summed E-state index contributed by atoms with van der Waals surface area (Å²) in [6, 6.07) is 17.9. The summed E-state index contributed by atoms with van der Waals surface area (Å²) in [6.45, 7) is 1.38. The Bertz CT molecular complexity index is 1040. The van der Waals surface area contributed by atoms with Crippen LogP contribution in [0.15, 0.2) is 67.0 Å². The summed E-state index contributed by atoms with van der Waals surface area (Å²) < 4.78 is 0. The highest BCUT2D eigenvalue weighted by atomic mass is 35.5. The number of hydrogen-bond donors (Lipinski definition) is 3. The van der Waals surface area contributed by atoms with Gasteiger partial charge in [0.1, 0.15) is 5.82 Å². The molecule has 0 atom stereocenters. The van der Waals surface area contributed by atoms with Crippen molar-refractivity contribution in [1.29, 1.82) is 0 Å². The van der Waals surface area contributed by atoms with E-state index < -0.39 is 0 Å². The minimum absolute atomic E-state index is 0.610. The van der Waals surface area contributed by atoms with Gasteiger partial charge in [-0.1, -0.05) is 48.0 Å². The molecular weight excluding hydrogens is 358 g/mol. The molecule has 0 saturated heterocycles. The fourth-order valence-corrected chi connectivity index (χ4v) is 3.22. The van der Waals surface area contributed by atoms with Gasteiger partial charge in [0.25, 0.3) is 0 Å². The number of benzene rings is 2. The Kier molecular flexibility index (Phi) is 5.21. The molecule has 0 saturated carbocycles. The molecule has 136 valence electrons. The zero-order valence-corrected chi connectivity index (χ0v) is 15.5. The molecule has 2 heterocycles. The summed E-state index contributed by atoms with van der Waals surface area (Å²) in [6.07, 6.45) is 4.70. The molecule has 6 heteroatoms. The standard InChI is InChI=1S/C21H20ClN5/c22-18-7-3-1-5-16(18)14-26-20-10-12-24-21(27-20)23-11-9-15-13-25-19-8-4-2-6-17(15)19/h1-8,10,12-13,25H,9,11,14H2,(H2,23,24,26,27). The molecule has 0 aliphatic rings. The summed E-state index contributed by atoms with van der Waals surface area (Å²) in [5, 5.41) is 8.59. The van der Waals surface area contributed by atoms with Crippen LogP contribution in [0.3, 0.4) is 0 Å². The molecule has 5 nitrogen and oxygen atoms in total. The second-order valence-electron chi connectivity index (χ2n) is 6.25. The van der Waals surface area contributed by atoms with Crippen LogP contribution >= 0.6 is 11.6 Å². The highest BCUT2D eigenvalue weighted by molar-refractivity contribution is 6.31. The molecule has 4 aromatic rings. The number of aromatic nitrogens is 3. The molecular formula is C21H20ClN5. The van der Waals surface area contributed by atoms with Crippen LogP contribution in [0.2, 0.25) is 5.02 Å². The van der Waals surface area contributed by atoms with Crippen molar-refractivity contribution in [2.75, 3.05) is 17.2 Å². The molecule has 0 fully saturated rings. The van der Waals surface area contributed by atoms with E-state index in [9.17, 15) is 0 Å². The first-order valence-corrected chi connectivity index (χ1v) is 9.26.